The zero-order chi connectivity index (χ0) is 31.6. The second-order valence-electron chi connectivity index (χ2n) is 10.8. The summed E-state index contributed by atoms with van der Waals surface area (Å²) < 4.78 is 0. The van der Waals surface area contributed by atoms with Crippen molar-refractivity contribution in [1.82, 2.24) is 10.2 Å². The van der Waals surface area contributed by atoms with Gasteiger partial charge in [-0.2, -0.15) is 0 Å². The summed E-state index contributed by atoms with van der Waals surface area (Å²) in [6, 6.07) is 19.7. The third-order valence-electron chi connectivity index (χ3n) is 7.54. The lowest BCUT2D eigenvalue weighted by molar-refractivity contribution is -0.142. The molecule has 2 atom stereocenters. The fourth-order valence-corrected chi connectivity index (χ4v) is 5.26. The van der Waals surface area contributed by atoms with Crippen LogP contribution >= 0.6 is 11.6 Å². The van der Waals surface area contributed by atoms with Crippen molar-refractivity contribution >= 4 is 46.8 Å². The number of amides is 3. The predicted octanol–water partition coefficient (Wildman–Crippen LogP) is 3.74. The number of hydrogen-bond acceptors (Lipinski definition) is 5. The Hall–Kier alpha value is -4.70. The van der Waals surface area contributed by atoms with Crippen LogP contribution in [0.25, 0.3) is 0 Å². The quantitative estimate of drug-likeness (QED) is 0.105. The van der Waals surface area contributed by atoms with Crippen molar-refractivity contribution in [2.45, 2.75) is 57.7 Å². The van der Waals surface area contributed by atoms with Gasteiger partial charge in [0.05, 0.1) is 0 Å². The summed E-state index contributed by atoms with van der Waals surface area (Å²) in [5.74, 6) is -1.40. The Morgan fingerprint density at radius 1 is 0.977 bits per heavy atom. The summed E-state index contributed by atoms with van der Waals surface area (Å²) in [7, 11) is 0. The molecule has 230 valence electrons. The molecule has 3 aromatic rings. The van der Waals surface area contributed by atoms with Crippen molar-refractivity contribution in [3.8, 4) is 0 Å². The van der Waals surface area contributed by atoms with E-state index in [1.807, 2.05) is 37.3 Å². The van der Waals surface area contributed by atoms with E-state index in [-0.39, 0.29) is 56.4 Å². The fourth-order valence-electron chi connectivity index (χ4n) is 5.14. The molecule has 6 N–H and O–H groups in total. The van der Waals surface area contributed by atoms with Gasteiger partial charge in [0.25, 0.3) is 0 Å². The van der Waals surface area contributed by atoms with Crippen LogP contribution in [0.15, 0.2) is 77.8 Å². The van der Waals surface area contributed by atoms with Crippen LogP contribution in [0.2, 0.25) is 5.02 Å². The number of aliphatic imine (C=N–C) groups is 1. The third-order valence-corrected chi connectivity index (χ3v) is 7.96. The molecule has 0 saturated carbocycles. The van der Waals surface area contributed by atoms with Crippen LogP contribution in [0, 0.1) is 6.92 Å². The second-order valence-corrected chi connectivity index (χ2v) is 11.2. The van der Waals surface area contributed by atoms with E-state index in [4.69, 9.17) is 23.1 Å². The van der Waals surface area contributed by atoms with Crippen molar-refractivity contribution in [2.75, 3.05) is 11.9 Å². The average Bonchev–Trinajstić information content (AvgIpc) is 3.02. The van der Waals surface area contributed by atoms with E-state index < -0.39 is 23.9 Å². The topological polar surface area (TPSA) is 160 Å². The van der Waals surface area contributed by atoms with Gasteiger partial charge in [-0.1, -0.05) is 66.2 Å². The summed E-state index contributed by atoms with van der Waals surface area (Å²) in [4.78, 5) is 59.0. The number of hydrogen-bond donors (Lipinski definition) is 4. The van der Waals surface area contributed by atoms with Gasteiger partial charge in [0, 0.05) is 48.6 Å². The lowest BCUT2D eigenvalue weighted by atomic mass is 9.92. The molecule has 0 aliphatic carbocycles. The Kier molecular flexibility index (Phi) is 11.1. The molecule has 1 aliphatic heterocycles. The van der Waals surface area contributed by atoms with Crippen LogP contribution in [0.5, 0.6) is 0 Å². The van der Waals surface area contributed by atoms with E-state index in [9.17, 15) is 19.2 Å². The molecule has 0 aromatic heterocycles. The van der Waals surface area contributed by atoms with Crippen molar-refractivity contribution < 1.29 is 19.2 Å². The molecule has 0 spiro atoms. The summed E-state index contributed by atoms with van der Waals surface area (Å²) in [5.41, 5.74) is 14.6. The van der Waals surface area contributed by atoms with Gasteiger partial charge in [-0.3, -0.25) is 24.2 Å². The standard InChI is InChI=1S/C33H37ClN6O4/c1-21-18-25(13-14-26(21)34)38-31(43)27(12-7-17-37-33(35)36)39-32(44)28-19-23-10-5-6-11-24(23)20-40(28)30(42)16-15-29(41)22-8-3-2-4-9-22/h2-6,8-11,13-14,18,27-28H,7,12,15-17,19-20H2,1H3,(H,38,43)(H,39,44)(H4,35,36,37)/t27-,28-/m0/s1. The largest absolute Gasteiger partial charge is 0.370 e. The average molecular weight is 617 g/mol. The molecule has 44 heavy (non-hydrogen) atoms. The van der Waals surface area contributed by atoms with Gasteiger partial charge in [-0.25, -0.2) is 0 Å². The molecule has 11 heteroatoms. The summed E-state index contributed by atoms with van der Waals surface area (Å²) in [6.07, 6.45) is 0.931. The first-order valence-corrected chi connectivity index (χ1v) is 14.9. The summed E-state index contributed by atoms with van der Waals surface area (Å²) in [5, 5.41) is 6.30. The molecule has 1 heterocycles. The van der Waals surface area contributed by atoms with Crippen molar-refractivity contribution in [3.63, 3.8) is 0 Å². The number of fused-ring (bicyclic) bond motifs is 1. The van der Waals surface area contributed by atoms with Gasteiger partial charge in [-0.15, -0.1) is 0 Å². The maximum Gasteiger partial charge on any atom is 0.246 e. The minimum atomic E-state index is -0.929. The second kappa shape index (κ2) is 15.2. The van der Waals surface area contributed by atoms with Crippen LogP contribution in [-0.4, -0.2) is 53.0 Å². The Labute approximate surface area is 261 Å². The lowest BCUT2D eigenvalue weighted by Gasteiger charge is -2.37. The molecule has 1 aliphatic rings. The predicted molar refractivity (Wildman–Crippen MR) is 171 cm³/mol. The molecule has 4 rings (SSSR count). The fraction of sp³-hybridized carbons (Fsp3) is 0.303. The van der Waals surface area contributed by atoms with E-state index in [1.165, 1.54) is 4.90 Å². The molecule has 0 radical (unpaired) electrons. The number of nitrogens with one attached hydrogen (secondary N) is 2. The molecular weight excluding hydrogens is 580 g/mol. The molecule has 3 aromatic carbocycles. The van der Waals surface area contributed by atoms with Crippen LogP contribution in [0.1, 0.15) is 52.7 Å². The number of carbonyl (C=O) groups excluding carboxylic acids is 4. The number of halogens is 1. The van der Waals surface area contributed by atoms with Gasteiger partial charge in [0.2, 0.25) is 17.7 Å². The number of Topliss-reactive ketones (excluding diaryl/α,β-unsaturated/α-hetero) is 1. The number of nitrogens with zero attached hydrogens (tertiary/aromatic N) is 2. The first-order chi connectivity index (χ1) is 21.1. The molecule has 0 bridgehead atoms. The number of ketones is 1. The minimum Gasteiger partial charge on any atom is -0.370 e. The van der Waals surface area contributed by atoms with Gasteiger partial charge >= 0.3 is 0 Å². The van der Waals surface area contributed by atoms with E-state index in [2.05, 4.69) is 15.6 Å². The number of rotatable bonds is 12. The Morgan fingerprint density at radius 3 is 2.39 bits per heavy atom. The lowest BCUT2D eigenvalue weighted by Crippen LogP contribution is -2.56. The molecule has 0 fully saturated rings. The highest BCUT2D eigenvalue weighted by atomic mass is 35.5. The van der Waals surface area contributed by atoms with Crippen LogP contribution in [-0.2, 0) is 27.3 Å². The summed E-state index contributed by atoms with van der Waals surface area (Å²) in [6.45, 7) is 2.32. The Morgan fingerprint density at radius 2 is 1.68 bits per heavy atom. The van der Waals surface area contributed by atoms with E-state index in [1.54, 1.807) is 42.5 Å². The SMILES string of the molecule is Cc1cc(NC(=O)[C@H](CCCN=C(N)N)NC(=O)[C@@H]2Cc3ccccc3CN2C(=O)CCC(=O)c2ccccc2)ccc1Cl. The normalized spacial score (nSPS) is 14.6. The van der Waals surface area contributed by atoms with Crippen molar-refractivity contribution in [2.24, 2.45) is 16.5 Å². The number of nitrogens with two attached hydrogens (primary N) is 2. The molecule has 0 unspecified atom stereocenters. The number of carbonyl (C=O) groups is 4. The maximum absolute atomic E-state index is 13.9. The van der Waals surface area contributed by atoms with E-state index in [0.717, 1.165) is 16.7 Å². The number of guanidine groups is 1. The number of aryl methyl sites for hydroxylation is 1. The molecule has 10 nitrogen and oxygen atoms in total. The van der Waals surface area contributed by atoms with Gasteiger partial charge in [0.1, 0.15) is 12.1 Å². The van der Waals surface area contributed by atoms with Gasteiger partial charge in [-0.05, 0) is 54.7 Å². The van der Waals surface area contributed by atoms with Crippen molar-refractivity contribution in [3.05, 3.63) is 100 Å². The number of benzene rings is 3. The first-order valence-electron chi connectivity index (χ1n) is 14.5. The van der Waals surface area contributed by atoms with Crippen molar-refractivity contribution in [1.29, 1.82) is 0 Å². The zero-order valence-electron chi connectivity index (χ0n) is 24.6. The highest BCUT2D eigenvalue weighted by Gasteiger charge is 2.36. The minimum absolute atomic E-state index is 0.0195. The monoisotopic (exact) mass is 616 g/mol. The molecule has 0 saturated heterocycles. The third kappa shape index (κ3) is 8.67. The van der Waals surface area contributed by atoms with E-state index in [0.29, 0.717) is 22.7 Å². The Bertz CT molecular complexity index is 1540. The molecule has 3 amide bonds. The Balaban J connectivity index is 1.51. The van der Waals surface area contributed by atoms with Gasteiger partial charge in [0.15, 0.2) is 11.7 Å². The van der Waals surface area contributed by atoms with Gasteiger partial charge < -0.3 is 27.0 Å². The number of anilines is 1. The van der Waals surface area contributed by atoms with Crippen LogP contribution in [0.4, 0.5) is 5.69 Å². The van der Waals surface area contributed by atoms with Crippen LogP contribution in [0.3, 0.4) is 0 Å². The van der Waals surface area contributed by atoms with E-state index >= 15 is 0 Å². The summed E-state index contributed by atoms with van der Waals surface area (Å²) >= 11 is 6.14. The zero-order valence-corrected chi connectivity index (χ0v) is 25.3. The highest BCUT2D eigenvalue weighted by molar-refractivity contribution is 6.31. The molecular formula is C33H37ClN6O4. The first kappa shape index (κ1) is 32.2. The highest BCUT2D eigenvalue weighted by Crippen LogP contribution is 2.25. The maximum atomic E-state index is 13.9. The van der Waals surface area contributed by atoms with Crippen LogP contribution < -0.4 is 22.1 Å². The smallest absolute Gasteiger partial charge is 0.246 e.